The van der Waals surface area contributed by atoms with Crippen LogP contribution in [0.1, 0.15) is 29.6 Å². The van der Waals surface area contributed by atoms with Crippen LogP contribution in [0.3, 0.4) is 0 Å². The molecule has 0 unspecified atom stereocenters. The van der Waals surface area contributed by atoms with E-state index in [1.807, 2.05) is 6.92 Å². The third kappa shape index (κ3) is 3.66. The van der Waals surface area contributed by atoms with Gasteiger partial charge in [0.15, 0.2) is 12.1 Å². The summed E-state index contributed by atoms with van der Waals surface area (Å²) in [5, 5.41) is 0. The molecule has 0 aliphatic carbocycles. The number of oxazole rings is 1. The minimum absolute atomic E-state index is 0.0804. The summed E-state index contributed by atoms with van der Waals surface area (Å²) in [6, 6.07) is -0.0804. The fourth-order valence-electron chi connectivity index (χ4n) is 4.06. The number of fused-ring (bicyclic) bond motifs is 1. The Kier molecular flexibility index (Phi) is 5.31. The van der Waals surface area contributed by atoms with Crippen molar-refractivity contribution in [1.29, 1.82) is 0 Å². The summed E-state index contributed by atoms with van der Waals surface area (Å²) in [7, 11) is 0. The summed E-state index contributed by atoms with van der Waals surface area (Å²) in [5.74, 6) is 0.440. The van der Waals surface area contributed by atoms with E-state index in [2.05, 4.69) is 9.88 Å². The number of aromatic nitrogens is 1. The predicted molar refractivity (Wildman–Crippen MR) is 94.4 cm³/mol. The van der Waals surface area contributed by atoms with Gasteiger partial charge in [0.2, 0.25) is 0 Å². The van der Waals surface area contributed by atoms with E-state index in [4.69, 9.17) is 13.9 Å². The fourth-order valence-corrected chi connectivity index (χ4v) is 4.06. The van der Waals surface area contributed by atoms with Crippen molar-refractivity contribution in [3.63, 3.8) is 0 Å². The van der Waals surface area contributed by atoms with Crippen molar-refractivity contribution >= 4 is 12.0 Å². The summed E-state index contributed by atoms with van der Waals surface area (Å²) >= 11 is 0. The summed E-state index contributed by atoms with van der Waals surface area (Å²) in [5.41, 5.74) is 0.364. The second-order valence-corrected chi connectivity index (χ2v) is 7.18. The summed E-state index contributed by atoms with van der Waals surface area (Å²) < 4.78 is 16.1. The number of carbonyl (C=O) groups excluding carboxylic acids is 2. The van der Waals surface area contributed by atoms with Crippen LogP contribution >= 0.6 is 0 Å². The Labute approximate surface area is 158 Å². The predicted octanol–water partition coefficient (Wildman–Crippen LogP) is 0.605. The van der Waals surface area contributed by atoms with Gasteiger partial charge in [-0.1, -0.05) is 6.92 Å². The van der Waals surface area contributed by atoms with Gasteiger partial charge in [0.05, 0.1) is 25.8 Å². The number of aryl methyl sites for hydroxylation is 1. The van der Waals surface area contributed by atoms with Gasteiger partial charge in [-0.3, -0.25) is 14.6 Å². The van der Waals surface area contributed by atoms with Crippen LogP contribution in [0.2, 0.25) is 0 Å². The van der Waals surface area contributed by atoms with Gasteiger partial charge in [-0.05, 0) is 6.42 Å². The van der Waals surface area contributed by atoms with Crippen molar-refractivity contribution in [3.05, 3.63) is 17.8 Å². The molecule has 3 aliphatic rings. The zero-order chi connectivity index (χ0) is 18.8. The molecular weight excluding hydrogens is 352 g/mol. The average Bonchev–Trinajstić information content (AvgIpc) is 3.38. The molecule has 3 fully saturated rings. The fraction of sp³-hybridized carbons (Fsp3) is 0.722. The van der Waals surface area contributed by atoms with E-state index < -0.39 is 0 Å². The van der Waals surface area contributed by atoms with Gasteiger partial charge in [0.25, 0.3) is 5.91 Å². The highest BCUT2D eigenvalue weighted by Gasteiger charge is 2.49. The number of hydrogen-bond acceptors (Lipinski definition) is 7. The quantitative estimate of drug-likeness (QED) is 0.716. The maximum atomic E-state index is 12.8. The van der Waals surface area contributed by atoms with Gasteiger partial charge < -0.3 is 18.8 Å². The molecule has 4 rings (SSSR count). The van der Waals surface area contributed by atoms with Crippen LogP contribution in [0.25, 0.3) is 0 Å². The lowest BCUT2D eigenvalue weighted by Crippen LogP contribution is -2.42. The molecule has 0 aromatic carbocycles. The summed E-state index contributed by atoms with van der Waals surface area (Å²) in [4.78, 5) is 34.9. The van der Waals surface area contributed by atoms with Crippen LogP contribution in [0.15, 0.2) is 10.8 Å². The zero-order valence-corrected chi connectivity index (χ0v) is 15.6. The second-order valence-electron chi connectivity index (χ2n) is 7.18. The van der Waals surface area contributed by atoms with Crippen molar-refractivity contribution in [2.75, 3.05) is 52.5 Å². The summed E-state index contributed by atoms with van der Waals surface area (Å²) in [6.45, 7) is 7.81. The number of likely N-dealkylation sites (tertiary alicyclic amines) is 1. The van der Waals surface area contributed by atoms with Gasteiger partial charge >= 0.3 is 6.09 Å². The van der Waals surface area contributed by atoms with Crippen molar-refractivity contribution in [2.24, 2.45) is 0 Å². The maximum absolute atomic E-state index is 12.8. The SMILES string of the molecule is CCc1ocnc1C(=O)N1C[C@@H]2OC(=O)N(CCCN3CCOCC3)[C@@H]2C1. The average molecular weight is 378 g/mol. The molecule has 27 heavy (non-hydrogen) atoms. The Morgan fingerprint density at radius 1 is 1.26 bits per heavy atom. The molecule has 0 bridgehead atoms. The van der Waals surface area contributed by atoms with Crippen molar-refractivity contribution in [3.8, 4) is 0 Å². The number of carbonyl (C=O) groups is 2. The highest BCUT2D eigenvalue weighted by atomic mass is 16.6. The lowest BCUT2D eigenvalue weighted by atomic mass is 10.2. The Morgan fingerprint density at radius 2 is 2.07 bits per heavy atom. The van der Waals surface area contributed by atoms with Gasteiger partial charge in [0.1, 0.15) is 11.9 Å². The van der Waals surface area contributed by atoms with E-state index in [0.717, 1.165) is 39.3 Å². The number of amides is 2. The van der Waals surface area contributed by atoms with Crippen LogP contribution in [-0.4, -0.2) is 96.3 Å². The number of rotatable bonds is 6. The molecule has 9 nitrogen and oxygen atoms in total. The monoisotopic (exact) mass is 378 g/mol. The molecule has 0 N–H and O–H groups in total. The van der Waals surface area contributed by atoms with Crippen LogP contribution in [0.4, 0.5) is 4.79 Å². The van der Waals surface area contributed by atoms with Crippen LogP contribution in [-0.2, 0) is 15.9 Å². The molecule has 9 heteroatoms. The molecule has 0 spiro atoms. The zero-order valence-electron chi connectivity index (χ0n) is 15.6. The van der Waals surface area contributed by atoms with Gasteiger partial charge in [-0.25, -0.2) is 9.78 Å². The van der Waals surface area contributed by atoms with E-state index in [0.29, 0.717) is 37.5 Å². The first-order valence-electron chi connectivity index (χ1n) is 9.66. The lowest BCUT2D eigenvalue weighted by molar-refractivity contribution is 0.0362. The van der Waals surface area contributed by atoms with Crippen LogP contribution < -0.4 is 0 Å². The topological polar surface area (TPSA) is 88.4 Å². The number of morpholine rings is 1. The first-order valence-corrected chi connectivity index (χ1v) is 9.66. The molecule has 4 heterocycles. The van der Waals surface area contributed by atoms with E-state index in [1.165, 1.54) is 6.39 Å². The van der Waals surface area contributed by atoms with Gasteiger partial charge in [-0.2, -0.15) is 0 Å². The first kappa shape index (κ1) is 18.2. The van der Waals surface area contributed by atoms with Gasteiger partial charge in [-0.15, -0.1) is 0 Å². The standard InChI is InChI=1S/C18H26N4O5/c1-2-14-16(19-12-26-14)17(23)21-10-13-15(11-21)27-18(24)22(13)5-3-4-20-6-8-25-9-7-20/h12-13,15H,2-11H2,1H3/t13-,15+/m1/s1. The van der Waals surface area contributed by atoms with Crippen LogP contribution in [0, 0.1) is 0 Å². The molecule has 1 aromatic heterocycles. The van der Waals surface area contributed by atoms with E-state index in [-0.39, 0.29) is 24.1 Å². The number of nitrogens with zero attached hydrogens (tertiary/aromatic N) is 4. The number of ether oxygens (including phenoxy) is 2. The molecule has 0 saturated carbocycles. The molecular formula is C18H26N4O5. The van der Waals surface area contributed by atoms with Gasteiger partial charge in [0, 0.05) is 39.1 Å². The molecule has 148 valence electrons. The first-order chi connectivity index (χ1) is 13.2. The molecule has 2 amide bonds. The van der Waals surface area contributed by atoms with Crippen LogP contribution in [0.5, 0.6) is 0 Å². The van der Waals surface area contributed by atoms with Crippen molar-refractivity contribution in [1.82, 2.24) is 19.7 Å². The van der Waals surface area contributed by atoms with Crippen molar-refractivity contribution < 1.29 is 23.5 Å². The molecule has 2 atom stereocenters. The third-order valence-corrected chi connectivity index (χ3v) is 5.55. The Hall–Kier alpha value is -2.13. The second kappa shape index (κ2) is 7.85. The highest BCUT2D eigenvalue weighted by Crippen LogP contribution is 2.28. The molecule has 3 aliphatic heterocycles. The minimum Gasteiger partial charge on any atom is -0.448 e. The number of hydrogen-bond donors (Lipinski definition) is 0. The Bertz CT molecular complexity index is 687. The molecule has 0 radical (unpaired) electrons. The summed E-state index contributed by atoms with van der Waals surface area (Å²) in [6.07, 6.45) is 2.28. The maximum Gasteiger partial charge on any atom is 0.410 e. The normalized spacial score (nSPS) is 25.7. The molecule has 3 saturated heterocycles. The highest BCUT2D eigenvalue weighted by molar-refractivity contribution is 5.93. The largest absolute Gasteiger partial charge is 0.448 e. The van der Waals surface area contributed by atoms with E-state index >= 15 is 0 Å². The van der Waals surface area contributed by atoms with E-state index in [9.17, 15) is 9.59 Å². The van der Waals surface area contributed by atoms with E-state index in [1.54, 1.807) is 9.80 Å². The minimum atomic E-state index is -0.269. The molecule has 1 aromatic rings. The smallest absolute Gasteiger partial charge is 0.410 e. The Balaban J connectivity index is 1.33. The Morgan fingerprint density at radius 3 is 2.85 bits per heavy atom. The van der Waals surface area contributed by atoms with Crippen molar-refractivity contribution in [2.45, 2.75) is 31.9 Å². The third-order valence-electron chi connectivity index (χ3n) is 5.55. The lowest BCUT2D eigenvalue weighted by Gasteiger charge is -2.28.